The summed E-state index contributed by atoms with van der Waals surface area (Å²) in [5.74, 6) is 1.32. The van der Waals surface area contributed by atoms with E-state index in [0.29, 0.717) is 23.7 Å². The zero-order valence-corrected chi connectivity index (χ0v) is 17.9. The van der Waals surface area contributed by atoms with Gasteiger partial charge in [0.05, 0.1) is 11.6 Å². The van der Waals surface area contributed by atoms with Crippen molar-refractivity contribution >= 4 is 17.3 Å². The molecule has 2 saturated heterocycles. The number of likely N-dealkylation sites (tertiary alicyclic amines) is 2. The number of benzene rings is 1. The minimum absolute atomic E-state index is 0.000401. The van der Waals surface area contributed by atoms with Crippen molar-refractivity contribution < 1.29 is 9.59 Å². The van der Waals surface area contributed by atoms with Crippen molar-refractivity contribution in [2.24, 2.45) is 5.92 Å². The number of piperidine rings is 1. The lowest BCUT2D eigenvalue weighted by Gasteiger charge is -2.30. The molecule has 0 spiro atoms. The van der Waals surface area contributed by atoms with Crippen molar-refractivity contribution in [1.29, 1.82) is 0 Å². The van der Waals surface area contributed by atoms with Crippen LogP contribution in [0.2, 0.25) is 0 Å². The Labute approximate surface area is 182 Å². The van der Waals surface area contributed by atoms with Crippen molar-refractivity contribution in [3.8, 4) is 0 Å². The number of aromatic nitrogens is 2. The van der Waals surface area contributed by atoms with E-state index in [0.717, 1.165) is 50.1 Å². The molecule has 3 aromatic rings. The fraction of sp³-hybridized carbons (Fsp3) is 0.400. The second kappa shape index (κ2) is 8.17. The van der Waals surface area contributed by atoms with Crippen molar-refractivity contribution in [3.63, 3.8) is 0 Å². The van der Waals surface area contributed by atoms with Gasteiger partial charge < -0.3 is 14.2 Å². The Kier molecular flexibility index (Phi) is 5.22. The third-order valence-electron chi connectivity index (χ3n) is 6.55. The molecule has 5 rings (SSSR count). The molecule has 2 fully saturated rings. The van der Waals surface area contributed by atoms with Gasteiger partial charge in [-0.1, -0.05) is 31.2 Å². The van der Waals surface area contributed by atoms with E-state index >= 15 is 0 Å². The van der Waals surface area contributed by atoms with E-state index in [1.54, 1.807) is 0 Å². The maximum atomic E-state index is 13.4. The van der Waals surface area contributed by atoms with Crippen LogP contribution in [0.5, 0.6) is 0 Å². The fourth-order valence-corrected chi connectivity index (χ4v) is 5.00. The average molecular weight is 417 g/mol. The van der Waals surface area contributed by atoms with Crippen LogP contribution in [-0.2, 0) is 0 Å². The Hall–Kier alpha value is -3.15. The average Bonchev–Trinajstić information content (AvgIpc) is 3.43. The summed E-state index contributed by atoms with van der Waals surface area (Å²) < 4.78 is 2.00. The van der Waals surface area contributed by atoms with Crippen LogP contribution in [0.1, 0.15) is 65.3 Å². The van der Waals surface area contributed by atoms with Gasteiger partial charge in [-0.25, -0.2) is 4.98 Å². The summed E-state index contributed by atoms with van der Waals surface area (Å²) in [6, 6.07) is 15.1. The quantitative estimate of drug-likeness (QED) is 0.643. The first-order valence-corrected chi connectivity index (χ1v) is 11.3. The number of carbonyl (C=O) groups excluding carboxylic acids is 2. The van der Waals surface area contributed by atoms with E-state index in [-0.39, 0.29) is 17.9 Å². The first-order valence-electron chi connectivity index (χ1n) is 11.3. The standard InChI is InChI=1S/C25H28N4O2/c1-18-9-7-14-27(17-18)25(31)22-20-12-5-6-15-28(20)23(26-22)21-13-8-16-29(21)24(30)19-10-3-2-4-11-19/h2-6,10-12,15,18,21H,7-9,13-14,16-17H2,1H3. The van der Waals surface area contributed by atoms with Gasteiger partial charge in [0.25, 0.3) is 11.8 Å². The molecule has 6 nitrogen and oxygen atoms in total. The van der Waals surface area contributed by atoms with Crippen molar-refractivity contribution in [2.75, 3.05) is 19.6 Å². The molecule has 2 aliphatic rings. The van der Waals surface area contributed by atoms with Gasteiger partial charge in [0.2, 0.25) is 0 Å². The van der Waals surface area contributed by atoms with Crippen LogP contribution in [-0.4, -0.2) is 50.6 Å². The number of carbonyl (C=O) groups is 2. The molecule has 2 aromatic heterocycles. The molecule has 2 amide bonds. The van der Waals surface area contributed by atoms with Crippen LogP contribution in [0, 0.1) is 5.92 Å². The first kappa shape index (κ1) is 19.8. The van der Waals surface area contributed by atoms with Gasteiger partial charge >= 0.3 is 0 Å². The van der Waals surface area contributed by atoms with E-state index < -0.39 is 0 Å². The predicted octanol–water partition coefficient (Wildman–Crippen LogP) is 4.18. The number of nitrogens with zero attached hydrogens (tertiary/aromatic N) is 4. The number of hydrogen-bond acceptors (Lipinski definition) is 3. The highest BCUT2D eigenvalue weighted by Crippen LogP contribution is 2.34. The lowest BCUT2D eigenvalue weighted by atomic mass is 10.00. The van der Waals surface area contributed by atoms with E-state index in [1.165, 1.54) is 0 Å². The summed E-state index contributed by atoms with van der Waals surface area (Å²) in [4.78, 5) is 35.3. The molecule has 6 heteroatoms. The third kappa shape index (κ3) is 3.60. The van der Waals surface area contributed by atoms with Crippen LogP contribution in [0.15, 0.2) is 54.7 Å². The zero-order chi connectivity index (χ0) is 21.4. The van der Waals surface area contributed by atoms with Gasteiger partial charge in [0.15, 0.2) is 5.69 Å². The molecule has 2 aliphatic heterocycles. The highest BCUT2D eigenvalue weighted by molar-refractivity contribution is 5.99. The normalized spacial score (nSPS) is 21.6. The molecule has 160 valence electrons. The molecular formula is C25H28N4O2. The summed E-state index contributed by atoms with van der Waals surface area (Å²) in [6.45, 7) is 4.46. The smallest absolute Gasteiger partial charge is 0.274 e. The molecule has 2 atom stereocenters. The summed E-state index contributed by atoms with van der Waals surface area (Å²) in [6.07, 6.45) is 5.93. The van der Waals surface area contributed by atoms with E-state index in [4.69, 9.17) is 4.98 Å². The molecule has 4 heterocycles. The summed E-state index contributed by atoms with van der Waals surface area (Å²) in [5.41, 5.74) is 2.01. The Balaban J connectivity index is 1.51. The monoisotopic (exact) mass is 416 g/mol. The van der Waals surface area contributed by atoms with Gasteiger partial charge in [-0.3, -0.25) is 9.59 Å². The highest BCUT2D eigenvalue weighted by Gasteiger charge is 2.35. The van der Waals surface area contributed by atoms with Crippen LogP contribution in [0.25, 0.3) is 5.52 Å². The number of fused-ring (bicyclic) bond motifs is 1. The number of rotatable bonds is 3. The van der Waals surface area contributed by atoms with E-state index in [2.05, 4.69) is 6.92 Å². The second-order valence-corrected chi connectivity index (χ2v) is 8.80. The third-order valence-corrected chi connectivity index (χ3v) is 6.55. The molecule has 0 radical (unpaired) electrons. The predicted molar refractivity (Wildman–Crippen MR) is 119 cm³/mol. The Morgan fingerprint density at radius 2 is 1.71 bits per heavy atom. The molecule has 31 heavy (non-hydrogen) atoms. The molecule has 0 bridgehead atoms. The van der Waals surface area contributed by atoms with Crippen molar-refractivity contribution in [2.45, 2.75) is 38.6 Å². The van der Waals surface area contributed by atoms with Gasteiger partial charge in [-0.15, -0.1) is 0 Å². The summed E-state index contributed by atoms with van der Waals surface area (Å²) in [5, 5.41) is 0. The number of pyridine rings is 1. The molecular weight excluding hydrogens is 388 g/mol. The van der Waals surface area contributed by atoms with Gasteiger partial charge in [0.1, 0.15) is 5.82 Å². The molecule has 2 unspecified atom stereocenters. The lowest BCUT2D eigenvalue weighted by Crippen LogP contribution is -2.39. The maximum Gasteiger partial charge on any atom is 0.274 e. The Morgan fingerprint density at radius 1 is 0.935 bits per heavy atom. The minimum Gasteiger partial charge on any atom is -0.337 e. The Morgan fingerprint density at radius 3 is 2.52 bits per heavy atom. The SMILES string of the molecule is CC1CCCN(C(=O)c2nc(C3CCCN3C(=O)c3ccccc3)n3ccccc23)C1. The van der Waals surface area contributed by atoms with E-state index in [9.17, 15) is 9.59 Å². The van der Waals surface area contributed by atoms with Gasteiger partial charge in [0, 0.05) is 31.4 Å². The minimum atomic E-state index is -0.135. The molecule has 0 N–H and O–H groups in total. The number of hydrogen-bond donors (Lipinski definition) is 0. The van der Waals surface area contributed by atoms with E-state index in [1.807, 2.05) is 68.9 Å². The second-order valence-electron chi connectivity index (χ2n) is 8.80. The first-order chi connectivity index (χ1) is 15.1. The largest absolute Gasteiger partial charge is 0.337 e. The maximum absolute atomic E-state index is 13.4. The Bertz CT molecular complexity index is 1110. The molecule has 0 aliphatic carbocycles. The fourth-order valence-electron chi connectivity index (χ4n) is 5.00. The number of imidazole rings is 1. The van der Waals surface area contributed by atoms with Crippen molar-refractivity contribution in [3.05, 3.63) is 71.8 Å². The van der Waals surface area contributed by atoms with Gasteiger partial charge in [-0.2, -0.15) is 0 Å². The zero-order valence-electron chi connectivity index (χ0n) is 17.9. The highest BCUT2D eigenvalue weighted by atomic mass is 16.2. The van der Waals surface area contributed by atoms with Crippen molar-refractivity contribution in [1.82, 2.24) is 19.2 Å². The number of amides is 2. The molecule has 0 saturated carbocycles. The van der Waals surface area contributed by atoms with Crippen LogP contribution < -0.4 is 0 Å². The summed E-state index contributed by atoms with van der Waals surface area (Å²) in [7, 11) is 0. The van der Waals surface area contributed by atoms with Crippen LogP contribution in [0.3, 0.4) is 0 Å². The molecule has 1 aromatic carbocycles. The lowest BCUT2D eigenvalue weighted by molar-refractivity contribution is 0.0679. The van der Waals surface area contributed by atoms with Crippen LogP contribution in [0.4, 0.5) is 0 Å². The van der Waals surface area contributed by atoms with Gasteiger partial charge in [-0.05, 0) is 55.9 Å². The van der Waals surface area contributed by atoms with Crippen LogP contribution >= 0.6 is 0 Å². The topological polar surface area (TPSA) is 57.9 Å². The summed E-state index contributed by atoms with van der Waals surface area (Å²) >= 11 is 0.